The summed E-state index contributed by atoms with van der Waals surface area (Å²) < 4.78 is 26.5. The average Bonchev–Trinajstić information content (AvgIpc) is 3.09. The molecule has 0 aromatic carbocycles. The third-order valence-electron chi connectivity index (χ3n) is 3.73. The van der Waals surface area contributed by atoms with Gasteiger partial charge in [-0.15, -0.1) is 11.3 Å². The maximum absolute atomic E-state index is 12.1. The van der Waals surface area contributed by atoms with Crippen molar-refractivity contribution in [3.63, 3.8) is 0 Å². The number of sulfonamides is 1. The second-order valence-electron chi connectivity index (χ2n) is 5.49. The van der Waals surface area contributed by atoms with E-state index in [2.05, 4.69) is 10.0 Å². The normalized spacial score (nSPS) is 20.9. The monoisotopic (exact) mass is 345 g/mol. The van der Waals surface area contributed by atoms with Gasteiger partial charge in [0.05, 0.1) is 17.8 Å². The number of carbonyl (C=O) groups excluding carboxylic acids is 1. The summed E-state index contributed by atoms with van der Waals surface area (Å²) in [7, 11) is -3.26. The second-order valence-corrected chi connectivity index (χ2v) is 8.52. The van der Waals surface area contributed by atoms with Crippen LogP contribution in [0.3, 0.4) is 0 Å². The van der Waals surface area contributed by atoms with Crippen LogP contribution in [0.15, 0.2) is 17.5 Å². The summed E-state index contributed by atoms with van der Waals surface area (Å²) in [5.41, 5.74) is 0. The largest absolute Gasteiger partial charge is 0.348 e. The molecule has 1 aliphatic rings. The van der Waals surface area contributed by atoms with E-state index in [0.717, 1.165) is 4.88 Å². The fourth-order valence-corrected chi connectivity index (χ4v) is 4.81. The predicted octanol–water partition coefficient (Wildman–Crippen LogP) is 0.939. The first-order chi connectivity index (χ1) is 10.4. The van der Waals surface area contributed by atoms with Crippen LogP contribution < -0.4 is 10.0 Å². The van der Waals surface area contributed by atoms with Gasteiger partial charge in [0.1, 0.15) is 0 Å². The van der Waals surface area contributed by atoms with E-state index in [1.807, 2.05) is 29.3 Å². The lowest BCUT2D eigenvalue weighted by Gasteiger charge is -2.18. The highest BCUT2D eigenvalue weighted by molar-refractivity contribution is 7.90. The molecule has 2 rings (SSSR count). The number of likely N-dealkylation sites (tertiary alicyclic amines) is 1. The number of thiophene rings is 1. The van der Waals surface area contributed by atoms with E-state index in [0.29, 0.717) is 26.1 Å². The molecule has 2 atom stereocenters. The Morgan fingerprint density at radius 3 is 2.95 bits per heavy atom. The molecule has 8 heteroatoms. The fourth-order valence-electron chi connectivity index (χ4n) is 2.61. The Balaban J connectivity index is 1.81. The zero-order chi connectivity index (χ0) is 16.2. The van der Waals surface area contributed by atoms with E-state index in [1.165, 1.54) is 0 Å². The quantitative estimate of drug-likeness (QED) is 0.771. The third kappa shape index (κ3) is 4.52. The zero-order valence-corrected chi connectivity index (χ0v) is 14.5. The summed E-state index contributed by atoms with van der Waals surface area (Å²) in [6.07, 6.45) is 0.573. The summed E-state index contributed by atoms with van der Waals surface area (Å²) in [6, 6.07) is 3.93. The van der Waals surface area contributed by atoms with Crippen LogP contribution in [0.4, 0.5) is 0 Å². The molecular formula is C14H23N3O3S2. The first kappa shape index (κ1) is 17.4. The lowest BCUT2D eigenvalue weighted by atomic mass is 10.3. The van der Waals surface area contributed by atoms with Crippen molar-refractivity contribution in [1.29, 1.82) is 0 Å². The maximum atomic E-state index is 12.1. The van der Waals surface area contributed by atoms with Crippen LogP contribution in [0.2, 0.25) is 0 Å². The van der Waals surface area contributed by atoms with Crippen LogP contribution >= 0.6 is 11.3 Å². The minimum atomic E-state index is -3.26. The van der Waals surface area contributed by atoms with Crippen molar-refractivity contribution in [3.05, 3.63) is 22.4 Å². The molecule has 0 spiro atoms. The van der Waals surface area contributed by atoms with E-state index >= 15 is 0 Å². The fraction of sp³-hybridized carbons (Fsp3) is 0.643. The second kappa shape index (κ2) is 7.54. The van der Waals surface area contributed by atoms with Crippen LogP contribution in [0.1, 0.15) is 31.2 Å². The molecule has 2 unspecified atom stereocenters. The molecule has 124 valence electrons. The molecule has 1 fully saturated rings. The Labute approximate surface area is 135 Å². The number of carbonyl (C=O) groups is 1. The minimum Gasteiger partial charge on any atom is -0.348 e. The third-order valence-corrected chi connectivity index (χ3v) is 6.74. The first-order valence-electron chi connectivity index (χ1n) is 7.46. The molecule has 1 aliphatic heterocycles. The highest BCUT2D eigenvalue weighted by Crippen LogP contribution is 2.19. The van der Waals surface area contributed by atoms with E-state index in [9.17, 15) is 13.2 Å². The Kier molecular flexibility index (Phi) is 5.96. The molecule has 0 radical (unpaired) electrons. The van der Waals surface area contributed by atoms with Crippen molar-refractivity contribution in [2.24, 2.45) is 0 Å². The van der Waals surface area contributed by atoms with Crippen LogP contribution in [-0.4, -0.2) is 50.7 Å². The Bertz CT molecular complexity index is 586. The Morgan fingerprint density at radius 2 is 2.32 bits per heavy atom. The van der Waals surface area contributed by atoms with E-state index < -0.39 is 15.3 Å². The molecule has 1 saturated heterocycles. The molecule has 1 aromatic heterocycles. The van der Waals surface area contributed by atoms with Crippen molar-refractivity contribution >= 4 is 27.3 Å². The van der Waals surface area contributed by atoms with Crippen LogP contribution in [0.25, 0.3) is 0 Å². The van der Waals surface area contributed by atoms with Gasteiger partial charge in [0.15, 0.2) is 0 Å². The van der Waals surface area contributed by atoms with Gasteiger partial charge in [-0.2, -0.15) is 0 Å². The molecule has 0 bridgehead atoms. The average molecular weight is 345 g/mol. The summed E-state index contributed by atoms with van der Waals surface area (Å²) in [5, 5.41) is 4.51. The Morgan fingerprint density at radius 1 is 1.55 bits per heavy atom. The van der Waals surface area contributed by atoms with Gasteiger partial charge in [0.2, 0.25) is 15.9 Å². The van der Waals surface area contributed by atoms with Gasteiger partial charge in [-0.1, -0.05) is 13.0 Å². The maximum Gasteiger partial charge on any atom is 0.234 e. The number of hydrogen-bond donors (Lipinski definition) is 2. The number of nitrogens with zero attached hydrogens (tertiary/aromatic N) is 1. The number of nitrogens with one attached hydrogen (secondary N) is 2. The number of hydrogen-bond acceptors (Lipinski definition) is 5. The van der Waals surface area contributed by atoms with Crippen molar-refractivity contribution in [2.75, 3.05) is 26.2 Å². The summed E-state index contributed by atoms with van der Waals surface area (Å²) >= 11 is 1.61. The van der Waals surface area contributed by atoms with Gasteiger partial charge in [0, 0.05) is 24.5 Å². The molecule has 1 amide bonds. The van der Waals surface area contributed by atoms with E-state index in [4.69, 9.17) is 0 Å². The van der Waals surface area contributed by atoms with Crippen molar-refractivity contribution < 1.29 is 13.2 Å². The molecule has 6 nitrogen and oxygen atoms in total. The van der Waals surface area contributed by atoms with Gasteiger partial charge < -0.3 is 5.32 Å². The number of amides is 1. The molecule has 1 aromatic rings. The number of rotatable bonds is 7. The zero-order valence-electron chi connectivity index (χ0n) is 12.9. The SMILES string of the molecule is CCNS(=O)(=O)C1CCN(CC(=O)NC(C)c2cccs2)C1. The van der Waals surface area contributed by atoms with E-state index in [-0.39, 0.29) is 18.5 Å². The van der Waals surface area contributed by atoms with Crippen molar-refractivity contribution in [3.8, 4) is 0 Å². The van der Waals surface area contributed by atoms with Gasteiger partial charge in [0.25, 0.3) is 0 Å². The molecule has 2 N–H and O–H groups in total. The van der Waals surface area contributed by atoms with Gasteiger partial charge >= 0.3 is 0 Å². The summed E-state index contributed by atoms with van der Waals surface area (Å²) in [5.74, 6) is -0.0672. The van der Waals surface area contributed by atoms with Gasteiger partial charge in [-0.25, -0.2) is 13.1 Å². The van der Waals surface area contributed by atoms with Gasteiger partial charge in [-0.3, -0.25) is 9.69 Å². The van der Waals surface area contributed by atoms with Crippen LogP contribution in [0.5, 0.6) is 0 Å². The van der Waals surface area contributed by atoms with Crippen molar-refractivity contribution in [2.45, 2.75) is 31.6 Å². The molecule has 0 aliphatic carbocycles. The Hall–Kier alpha value is -0.960. The molecule has 0 saturated carbocycles. The van der Waals surface area contributed by atoms with Crippen LogP contribution in [0, 0.1) is 0 Å². The standard InChI is InChI=1S/C14H23N3O3S2/c1-3-15-22(19,20)12-6-7-17(9-12)10-14(18)16-11(2)13-5-4-8-21-13/h4-5,8,11-12,15H,3,6-7,9-10H2,1-2H3,(H,16,18). The lowest BCUT2D eigenvalue weighted by molar-refractivity contribution is -0.122. The van der Waals surface area contributed by atoms with Gasteiger partial charge in [-0.05, 0) is 24.8 Å². The molecule has 2 heterocycles. The summed E-state index contributed by atoms with van der Waals surface area (Å²) in [6.45, 7) is 5.41. The highest BCUT2D eigenvalue weighted by Gasteiger charge is 2.33. The topological polar surface area (TPSA) is 78.5 Å². The lowest BCUT2D eigenvalue weighted by Crippen LogP contribution is -2.40. The smallest absolute Gasteiger partial charge is 0.234 e. The minimum absolute atomic E-state index is 0.0172. The predicted molar refractivity (Wildman–Crippen MR) is 88.3 cm³/mol. The molecule has 22 heavy (non-hydrogen) atoms. The van der Waals surface area contributed by atoms with E-state index in [1.54, 1.807) is 18.3 Å². The van der Waals surface area contributed by atoms with Crippen molar-refractivity contribution in [1.82, 2.24) is 14.9 Å². The highest BCUT2D eigenvalue weighted by atomic mass is 32.2. The first-order valence-corrected chi connectivity index (χ1v) is 9.88. The molecular weight excluding hydrogens is 322 g/mol. The summed E-state index contributed by atoms with van der Waals surface area (Å²) in [4.78, 5) is 15.1. The van der Waals surface area contributed by atoms with Crippen LogP contribution in [-0.2, 0) is 14.8 Å².